The number of carbonyl (C=O) groups is 2. The molecule has 1 atom stereocenters. The summed E-state index contributed by atoms with van der Waals surface area (Å²) < 4.78 is 33.5. The molecule has 1 N–H and O–H groups in total. The van der Waals surface area contributed by atoms with E-state index in [2.05, 4.69) is 27.7 Å². The van der Waals surface area contributed by atoms with E-state index >= 15 is 0 Å². The number of carboxylic acid groups (broad SMARTS) is 2. The molecule has 38 heavy (non-hydrogen) atoms. The molecule has 0 rings (SSSR count). The van der Waals surface area contributed by atoms with Gasteiger partial charge in [-0.25, -0.2) is 0 Å². The Morgan fingerprint density at radius 1 is 0.632 bits per heavy atom. The van der Waals surface area contributed by atoms with Gasteiger partial charge in [0.1, 0.15) is 5.25 Å². The Balaban J connectivity index is -0.00000612. The summed E-state index contributed by atoms with van der Waals surface area (Å²) in [4.78, 5) is 23.9. The van der Waals surface area contributed by atoms with Crippen molar-refractivity contribution < 1.29 is 91.9 Å². The van der Waals surface area contributed by atoms with Gasteiger partial charge in [-0.05, 0) is 24.7 Å². The van der Waals surface area contributed by atoms with Crippen LogP contribution >= 0.6 is 0 Å². The van der Waals surface area contributed by atoms with Crippen molar-refractivity contribution in [1.82, 2.24) is 0 Å². The van der Waals surface area contributed by atoms with Crippen molar-refractivity contribution in [3.8, 4) is 0 Å². The van der Waals surface area contributed by atoms with Crippen molar-refractivity contribution in [1.29, 1.82) is 0 Å². The Kier molecular flexibility index (Phi) is 27.9. The van der Waals surface area contributed by atoms with Crippen LogP contribution in [-0.4, -0.2) is 30.2 Å². The first kappa shape index (κ1) is 43.3. The van der Waals surface area contributed by atoms with E-state index in [0.717, 1.165) is 51.4 Å². The van der Waals surface area contributed by atoms with Gasteiger partial charge in [0.15, 0.2) is 0 Å². The van der Waals surface area contributed by atoms with Gasteiger partial charge in [0, 0.05) is 11.4 Å². The zero-order valence-corrected chi connectivity index (χ0v) is 30.1. The molecule has 7 nitrogen and oxygen atoms in total. The molecule has 0 aromatic rings. The third kappa shape index (κ3) is 19.8. The molecule has 0 aliphatic rings. The van der Waals surface area contributed by atoms with Crippen LogP contribution in [0, 0.1) is 17.3 Å². The van der Waals surface area contributed by atoms with Crippen molar-refractivity contribution in [2.45, 2.75) is 149 Å². The van der Waals surface area contributed by atoms with E-state index in [1.54, 1.807) is 0 Å². The van der Waals surface area contributed by atoms with E-state index in [4.69, 9.17) is 0 Å². The van der Waals surface area contributed by atoms with Crippen molar-refractivity contribution in [3.63, 3.8) is 0 Å². The second kappa shape index (κ2) is 24.4. The van der Waals surface area contributed by atoms with E-state index in [9.17, 15) is 32.8 Å². The molecule has 0 spiro atoms. The maximum Gasteiger partial charge on any atom is 1.00 e. The average molecular weight is 579 g/mol. The topological polar surface area (TPSA) is 135 Å². The summed E-state index contributed by atoms with van der Waals surface area (Å²) in [5.41, 5.74) is -2.19. The average Bonchev–Trinajstić information content (AvgIpc) is 2.74. The molecule has 0 fully saturated rings. The Bertz CT molecular complexity index is 686. The smallest absolute Gasteiger partial charge is 0.549 e. The molecular formula is C28H52Na2O7S. The van der Waals surface area contributed by atoms with Crippen molar-refractivity contribution in [2.24, 2.45) is 17.3 Å². The van der Waals surface area contributed by atoms with Crippen LogP contribution < -0.4 is 69.3 Å². The number of rotatable bonds is 24. The van der Waals surface area contributed by atoms with Gasteiger partial charge in [0.25, 0.3) is 10.1 Å². The zero-order chi connectivity index (χ0) is 27.6. The van der Waals surface area contributed by atoms with Crippen LogP contribution in [0.2, 0.25) is 0 Å². The van der Waals surface area contributed by atoms with Gasteiger partial charge < -0.3 is 19.8 Å². The van der Waals surface area contributed by atoms with E-state index < -0.39 is 32.7 Å². The van der Waals surface area contributed by atoms with Gasteiger partial charge in [-0.15, -0.1) is 0 Å². The van der Waals surface area contributed by atoms with Crippen molar-refractivity contribution in [2.75, 3.05) is 0 Å². The number of aliphatic carboxylic acids is 2. The van der Waals surface area contributed by atoms with Gasteiger partial charge in [0.05, 0.1) is 5.97 Å². The molecule has 214 valence electrons. The number of hydrogen-bond donors (Lipinski definition) is 1. The first-order valence-corrected chi connectivity index (χ1v) is 15.7. The van der Waals surface area contributed by atoms with Gasteiger partial charge >= 0.3 is 59.1 Å². The molecule has 0 aliphatic carbocycles. The first-order valence-electron chi connectivity index (χ1n) is 14.2. The molecule has 0 saturated carbocycles. The van der Waals surface area contributed by atoms with Crippen LogP contribution in [0.4, 0.5) is 0 Å². The van der Waals surface area contributed by atoms with Crippen molar-refractivity contribution in [3.05, 3.63) is 0 Å². The normalized spacial score (nSPS) is 12.7. The number of carbonyl (C=O) groups excluding carboxylic acids is 2. The number of unbranched alkanes of at least 4 members (excludes halogenated alkanes) is 12. The van der Waals surface area contributed by atoms with Crippen LogP contribution in [0.3, 0.4) is 0 Å². The third-order valence-electron chi connectivity index (χ3n) is 7.23. The fourth-order valence-electron chi connectivity index (χ4n) is 5.08. The first-order chi connectivity index (χ1) is 16.8. The fraction of sp³-hybridized carbons (Fsp3) is 0.929. The summed E-state index contributed by atoms with van der Waals surface area (Å²) in [6.45, 7) is 8.80. The fourth-order valence-corrected chi connectivity index (χ4v) is 6.23. The SMILES string of the molecule is CC(C)CCCCCCCCCC(CCCCCCCCCC(C)C)(C(=O)[O-])C(C(=O)[O-])S(=O)(=O)O.[Na+].[Na+]. The standard InChI is InChI=1S/C28H54O7S.2Na/c1-23(2)19-15-11-7-5-9-13-17-21-28(27(31)32,25(26(29)30)36(33,34)35)22-18-14-10-6-8-12-16-20-24(3)4;;/h23-25H,5-22H2,1-4H3,(H,29,30)(H,31,32)(H,33,34,35);;/q;2*+1/p-2. The third-order valence-corrected chi connectivity index (χ3v) is 8.47. The molecule has 10 heteroatoms. The van der Waals surface area contributed by atoms with Crippen LogP contribution in [0.25, 0.3) is 0 Å². The van der Waals surface area contributed by atoms with E-state index in [0.29, 0.717) is 37.5 Å². The number of hydrogen-bond acceptors (Lipinski definition) is 6. The van der Waals surface area contributed by atoms with E-state index in [-0.39, 0.29) is 72.0 Å². The molecular weight excluding hydrogens is 526 g/mol. The van der Waals surface area contributed by atoms with E-state index in [1.807, 2.05) is 0 Å². The largest absolute Gasteiger partial charge is 1.00 e. The summed E-state index contributed by atoms with van der Waals surface area (Å²) >= 11 is 0. The molecule has 0 aromatic heterocycles. The summed E-state index contributed by atoms with van der Waals surface area (Å²) in [5.74, 6) is -2.44. The quantitative estimate of drug-likeness (QED) is 0.0889. The second-order valence-electron chi connectivity index (χ2n) is 11.5. The summed E-state index contributed by atoms with van der Waals surface area (Å²) in [6.07, 6.45) is 14.7. The Labute approximate surface area is 277 Å². The molecule has 0 aliphatic heterocycles. The Hall–Kier alpha value is 0.850. The van der Waals surface area contributed by atoms with Gasteiger partial charge in [0.2, 0.25) is 0 Å². The predicted molar refractivity (Wildman–Crippen MR) is 141 cm³/mol. The summed E-state index contributed by atoms with van der Waals surface area (Å²) in [6, 6.07) is 0. The number of carboxylic acids is 2. The van der Waals surface area contributed by atoms with Gasteiger partial charge in [-0.1, -0.05) is 130 Å². The Morgan fingerprint density at radius 3 is 1.16 bits per heavy atom. The van der Waals surface area contributed by atoms with Gasteiger partial charge in [-0.3, -0.25) is 4.55 Å². The zero-order valence-electron chi connectivity index (χ0n) is 25.3. The molecule has 0 radical (unpaired) electrons. The maximum absolute atomic E-state index is 12.2. The van der Waals surface area contributed by atoms with Crippen LogP contribution in [0.1, 0.15) is 143 Å². The molecule has 0 heterocycles. The second-order valence-corrected chi connectivity index (χ2v) is 13.0. The van der Waals surface area contributed by atoms with Gasteiger partial charge in [-0.2, -0.15) is 8.42 Å². The maximum atomic E-state index is 12.2. The van der Waals surface area contributed by atoms with Crippen LogP contribution in [-0.2, 0) is 19.7 Å². The molecule has 0 bridgehead atoms. The Morgan fingerprint density at radius 2 is 0.921 bits per heavy atom. The van der Waals surface area contributed by atoms with Crippen LogP contribution in [0.15, 0.2) is 0 Å². The molecule has 0 aromatic carbocycles. The minimum absolute atomic E-state index is 0. The van der Waals surface area contributed by atoms with E-state index in [1.165, 1.54) is 25.7 Å². The molecule has 1 unspecified atom stereocenters. The van der Waals surface area contributed by atoms with Crippen molar-refractivity contribution >= 4 is 22.1 Å². The minimum atomic E-state index is -5.18. The van der Waals surface area contributed by atoms with Crippen LogP contribution in [0.5, 0.6) is 0 Å². The summed E-state index contributed by atoms with van der Waals surface area (Å²) in [5, 5.41) is 21.4. The molecule has 0 saturated heterocycles. The minimum Gasteiger partial charge on any atom is -0.549 e. The predicted octanol–water partition coefficient (Wildman–Crippen LogP) is -0.929. The summed E-state index contributed by atoms with van der Waals surface area (Å²) in [7, 11) is -5.18. The monoisotopic (exact) mass is 578 g/mol. The molecule has 0 amide bonds.